The molecule has 186 valence electrons. The number of ether oxygens (including phenoxy) is 4. The van der Waals surface area contributed by atoms with Crippen LogP contribution in [-0.4, -0.2) is 43.2 Å². The standard InChI is InChI=1S/C28H21ClN2O6/c1-34-22-10-18-19(11-23(22)35-2)27(32)20-13-31(30-12-15-3-6-17(29)7-4-15)28(33)26(20)25(18)16-5-8-21-24(9-16)37-14-36-21/h3-12,32H,13-14H2,1-2H3/b30-12+. The Morgan fingerprint density at radius 1 is 0.946 bits per heavy atom. The quantitative estimate of drug-likeness (QED) is 0.347. The zero-order valence-corrected chi connectivity index (χ0v) is 20.7. The number of amides is 1. The van der Waals surface area contributed by atoms with Crippen molar-refractivity contribution in [2.75, 3.05) is 21.0 Å². The van der Waals surface area contributed by atoms with E-state index in [1.807, 2.05) is 24.3 Å². The third-order valence-electron chi connectivity index (χ3n) is 6.52. The molecule has 0 aromatic heterocycles. The number of hydrogen-bond donors (Lipinski definition) is 1. The van der Waals surface area contributed by atoms with Gasteiger partial charge in [-0.25, -0.2) is 5.01 Å². The van der Waals surface area contributed by atoms with Crippen molar-refractivity contribution < 1.29 is 28.8 Å². The molecule has 0 spiro atoms. The van der Waals surface area contributed by atoms with Crippen molar-refractivity contribution in [1.82, 2.24) is 5.01 Å². The van der Waals surface area contributed by atoms with Gasteiger partial charge in [0, 0.05) is 21.5 Å². The molecule has 2 aliphatic rings. The smallest absolute Gasteiger partial charge is 0.275 e. The van der Waals surface area contributed by atoms with Gasteiger partial charge in [-0.05, 0) is 52.9 Å². The average molecular weight is 517 g/mol. The number of rotatable bonds is 5. The van der Waals surface area contributed by atoms with Crippen LogP contribution in [0.15, 0.2) is 59.7 Å². The van der Waals surface area contributed by atoms with Crippen LogP contribution in [-0.2, 0) is 6.54 Å². The van der Waals surface area contributed by atoms with Gasteiger partial charge >= 0.3 is 0 Å². The lowest BCUT2D eigenvalue weighted by molar-refractivity contribution is 0.0785. The Bertz CT molecular complexity index is 1600. The maximum atomic E-state index is 13.7. The van der Waals surface area contributed by atoms with Crippen molar-refractivity contribution >= 4 is 34.5 Å². The first kappa shape index (κ1) is 23.0. The van der Waals surface area contributed by atoms with Gasteiger partial charge in [0.15, 0.2) is 23.0 Å². The molecule has 4 aromatic rings. The Labute approximate surface area is 217 Å². The van der Waals surface area contributed by atoms with E-state index in [-0.39, 0.29) is 25.0 Å². The Morgan fingerprint density at radius 3 is 2.38 bits per heavy atom. The highest BCUT2D eigenvalue weighted by atomic mass is 35.5. The summed E-state index contributed by atoms with van der Waals surface area (Å²) in [4.78, 5) is 13.7. The fourth-order valence-corrected chi connectivity index (χ4v) is 4.85. The van der Waals surface area contributed by atoms with Gasteiger partial charge in [-0.3, -0.25) is 4.79 Å². The van der Waals surface area contributed by atoms with E-state index in [4.69, 9.17) is 30.5 Å². The third kappa shape index (κ3) is 3.77. The number of carbonyl (C=O) groups excluding carboxylic acids is 1. The lowest BCUT2D eigenvalue weighted by Gasteiger charge is -2.17. The summed E-state index contributed by atoms with van der Waals surface area (Å²) in [7, 11) is 3.07. The minimum absolute atomic E-state index is 0.00649. The molecule has 37 heavy (non-hydrogen) atoms. The van der Waals surface area contributed by atoms with Crippen LogP contribution in [0.25, 0.3) is 21.9 Å². The summed E-state index contributed by atoms with van der Waals surface area (Å²) in [5.41, 5.74) is 2.99. The molecule has 0 saturated carbocycles. The van der Waals surface area contributed by atoms with Crippen LogP contribution >= 0.6 is 11.6 Å². The van der Waals surface area contributed by atoms with Crippen molar-refractivity contribution in [3.63, 3.8) is 0 Å². The second-order valence-corrected chi connectivity index (χ2v) is 8.99. The largest absolute Gasteiger partial charge is 0.507 e. The van der Waals surface area contributed by atoms with Crippen LogP contribution < -0.4 is 18.9 Å². The maximum absolute atomic E-state index is 13.7. The summed E-state index contributed by atoms with van der Waals surface area (Å²) in [6, 6.07) is 16.1. The lowest BCUT2D eigenvalue weighted by Crippen LogP contribution is -2.18. The molecule has 0 aliphatic carbocycles. The molecule has 0 saturated heterocycles. The highest BCUT2D eigenvalue weighted by Gasteiger charge is 2.36. The molecular formula is C28H21ClN2O6. The van der Waals surface area contributed by atoms with E-state index in [0.717, 1.165) is 11.1 Å². The fourth-order valence-electron chi connectivity index (χ4n) is 4.72. The molecule has 6 rings (SSSR count). The number of aromatic hydroxyl groups is 1. The molecule has 4 aromatic carbocycles. The molecule has 2 heterocycles. The van der Waals surface area contributed by atoms with Gasteiger partial charge in [-0.2, -0.15) is 5.10 Å². The zero-order chi connectivity index (χ0) is 25.7. The summed E-state index contributed by atoms with van der Waals surface area (Å²) in [6.07, 6.45) is 1.59. The Kier molecular flexibility index (Phi) is 5.53. The highest BCUT2D eigenvalue weighted by molar-refractivity contribution is 6.30. The van der Waals surface area contributed by atoms with E-state index in [2.05, 4.69) is 5.10 Å². The third-order valence-corrected chi connectivity index (χ3v) is 6.77. The second kappa shape index (κ2) is 8.90. The number of carbonyl (C=O) groups is 1. The number of phenolic OH excluding ortho intramolecular Hbond substituents is 1. The molecule has 2 aliphatic heterocycles. The summed E-state index contributed by atoms with van der Waals surface area (Å²) in [5.74, 6) is 1.80. The fraction of sp³-hybridized carbons (Fsp3) is 0.143. The van der Waals surface area contributed by atoms with Gasteiger partial charge in [0.05, 0.1) is 32.5 Å². The van der Waals surface area contributed by atoms with Gasteiger partial charge < -0.3 is 24.1 Å². The second-order valence-electron chi connectivity index (χ2n) is 8.56. The van der Waals surface area contributed by atoms with E-state index in [1.54, 1.807) is 36.5 Å². The Balaban J connectivity index is 1.56. The van der Waals surface area contributed by atoms with E-state index in [0.29, 0.717) is 55.5 Å². The number of benzene rings is 4. The van der Waals surface area contributed by atoms with Crippen LogP contribution in [0.4, 0.5) is 0 Å². The zero-order valence-electron chi connectivity index (χ0n) is 19.9. The van der Waals surface area contributed by atoms with E-state index in [9.17, 15) is 9.90 Å². The molecule has 0 fully saturated rings. The number of fused-ring (bicyclic) bond motifs is 3. The van der Waals surface area contributed by atoms with Crippen molar-refractivity contribution in [3.05, 3.63) is 76.3 Å². The summed E-state index contributed by atoms with van der Waals surface area (Å²) >= 11 is 5.97. The van der Waals surface area contributed by atoms with Crippen molar-refractivity contribution in [2.45, 2.75) is 6.54 Å². The van der Waals surface area contributed by atoms with E-state index < -0.39 is 0 Å². The number of nitrogens with zero attached hydrogens (tertiary/aromatic N) is 2. The molecular weight excluding hydrogens is 496 g/mol. The predicted octanol–water partition coefficient (Wildman–Crippen LogP) is 5.60. The van der Waals surface area contributed by atoms with Crippen molar-refractivity contribution in [2.24, 2.45) is 5.10 Å². The summed E-state index contributed by atoms with van der Waals surface area (Å²) < 4.78 is 22.1. The minimum Gasteiger partial charge on any atom is -0.507 e. The van der Waals surface area contributed by atoms with Gasteiger partial charge in [0.25, 0.3) is 5.91 Å². The molecule has 9 heteroatoms. The van der Waals surface area contributed by atoms with Crippen LogP contribution in [0, 0.1) is 0 Å². The summed E-state index contributed by atoms with van der Waals surface area (Å²) in [6.45, 7) is 0.232. The predicted molar refractivity (Wildman–Crippen MR) is 139 cm³/mol. The number of hydrogen-bond acceptors (Lipinski definition) is 7. The monoisotopic (exact) mass is 516 g/mol. The molecule has 0 unspecified atom stereocenters. The first-order valence-electron chi connectivity index (χ1n) is 11.4. The van der Waals surface area contributed by atoms with Crippen molar-refractivity contribution in [1.29, 1.82) is 0 Å². The van der Waals surface area contributed by atoms with Crippen LogP contribution in [0.3, 0.4) is 0 Å². The van der Waals surface area contributed by atoms with Gasteiger partial charge in [0.2, 0.25) is 6.79 Å². The number of hydrazone groups is 1. The molecule has 1 N–H and O–H groups in total. The molecule has 1 amide bonds. The van der Waals surface area contributed by atoms with Crippen molar-refractivity contribution in [3.8, 4) is 39.9 Å². The number of methoxy groups -OCH3 is 2. The molecule has 0 bridgehead atoms. The summed E-state index contributed by atoms with van der Waals surface area (Å²) in [5, 5.41) is 18.9. The maximum Gasteiger partial charge on any atom is 0.275 e. The molecule has 0 radical (unpaired) electrons. The Morgan fingerprint density at radius 2 is 1.65 bits per heavy atom. The van der Waals surface area contributed by atoms with Crippen LogP contribution in [0.2, 0.25) is 5.02 Å². The van der Waals surface area contributed by atoms with E-state index >= 15 is 0 Å². The molecule has 0 atom stereocenters. The average Bonchev–Trinajstić information content (AvgIpc) is 3.52. The van der Waals surface area contributed by atoms with E-state index in [1.165, 1.54) is 19.2 Å². The van der Waals surface area contributed by atoms with Crippen LogP contribution in [0.1, 0.15) is 21.5 Å². The molecule has 8 nitrogen and oxygen atoms in total. The van der Waals surface area contributed by atoms with Gasteiger partial charge in [-0.1, -0.05) is 29.8 Å². The first-order valence-corrected chi connectivity index (χ1v) is 11.8. The SMILES string of the molecule is COc1cc2c(O)c3c(c(-c4ccc5c(c4)OCO5)c2cc1OC)C(=O)N(/N=C/c1ccc(Cl)cc1)C3. The first-order chi connectivity index (χ1) is 18.0. The van der Waals surface area contributed by atoms with Gasteiger partial charge in [-0.15, -0.1) is 0 Å². The van der Waals surface area contributed by atoms with Crippen LogP contribution in [0.5, 0.6) is 28.7 Å². The lowest BCUT2D eigenvalue weighted by atomic mass is 9.89. The minimum atomic E-state index is -0.333. The topological polar surface area (TPSA) is 89.8 Å². The number of phenols is 1. The normalized spacial score (nSPS) is 14.0. The number of halogens is 1. The van der Waals surface area contributed by atoms with Gasteiger partial charge in [0.1, 0.15) is 5.75 Å². The Hall–Kier alpha value is -4.43. The highest BCUT2D eigenvalue weighted by Crippen LogP contribution is 2.49.